The van der Waals surface area contributed by atoms with E-state index in [1.807, 2.05) is 43.0 Å². The van der Waals surface area contributed by atoms with Crippen LogP contribution in [0.2, 0.25) is 0 Å². The Morgan fingerprint density at radius 2 is 2.29 bits per heavy atom. The molecule has 4 heteroatoms. The molecule has 0 aromatic heterocycles. The van der Waals surface area contributed by atoms with E-state index in [0.29, 0.717) is 13.0 Å². The van der Waals surface area contributed by atoms with Crippen molar-refractivity contribution >= 4 is 5.91 Å². The first-order chi connectivity index (χ1) is 10.1. The molecule has 1 heterocycles. The number of carbonyl (C=O) groups excluding carboxylic acids is 1. The molecule has 1 fully saturated rings. The number of ether oxygens (including phenoxy) is 1. The Morgan fingerprint density at radius 3 is 3.00 bits per heavy atom. The van der Waals surface area contributed by atoms with Crippen LogP contribution < -0.4 is 10.5 Å². The Kier molecular flexibility index (Phi) is 5.62. The maximum Gasteiger partial charge on any atom is 0.226 e. The predicted molar refractivity (Wildman–Crippen MR) is 84.3 cm³/mol. The first-order valence-corrected chi connectivity index (χ1v) is 7.82. The van der Waals surface area contributed by atoms with Crippen molar-refractivity contribution in [2.45, 2.75) is 51.6 Å². The average Bonchev–Trinajstić information content (AvgIpc) is 2.47. The number of carbonyl (C=O) groups is 1. The van der Waals surface area contributed by atoms with Gasteiger partial charge in [0.2, 0.25) is 5.91 Å². The lowest BCUT2D eigenvalue weighted by Crippen LogP contribution is -2.51. The van der Waals surface area contributed by atoms with Crippen molar-refractivity contribution in [3.05, 3.63) is 29.8 Å². The van der Waals surface area contributed by atoms with Crippen LogP contribution in [0.4, 0.5) is 0 Å². The van der Waals surface area contributed by atoms with E-state index >= 15 is 0 Å². The maximum absolute atomic E-state index is 12.4. The highest BCUT2D eigenvalue weighted by Crippen LogP contribution is 2.20. The second kappa shape index (κ2) is 7.46. The van der Waals surface area contributed by atoms with Crippen LogP contribution in [0.15, 0.2) is 24.3 Å². The quantitative estimate of drug-likeness (QED) is 0.906. The molecular formula is C17H26N2O2. The fourth-order valence-corrected chi connectivity index (χ4v) is 2.92. The number of hydrogen-bond donors (Lipinski definition) is 1. The van der Waals surface area contributed by atoms with Crippen molar-refractivity contribution in [2.24, 2.45) is 5.73 Å². The van der Waals surface area contributed by atoms with E-state index in [2.05, 4.69) is 0 Å². The van der Waals surface area contributed by atoms with E-state index in [4.69, 9.17) is 10.5 Å². The molecule has 1 aromatic carbocycles. The van der Waals surface area contributed by atoms with E-state index in [9.17, 15) is 4.79 Å². The van der Waals surface area contributed by atoms with Crippen LogP contribution in [-0.4, -0.2) is 36.0 Å². The molecule has 0 radical (unpaired) electrons. The van der Waals surface area contributed by atoms with Gasteiger partial charge in [-0.15, -0.1) is 0 Å². The van der Waals surface area contributed by atoms with Crippen molar-refractivity contribution in [1.82, 2.24) is 4.90 Å². The minimum absolute atomic E-state index is 0.0342. The Bertz CT molecular complexity index is 474. The van der Waals surface area contributed by atoms with Gasteiger partial charge in [0.05, 0.1) is 13.0 Å². The van der Waals surface area contributed by atoms with Gasteiger partial charge in [-0.25, -0.2) is 0 Å². The van der Waals surface area contributed by atoms with Gasteiger partial charge in [-0.1, -0.05) is 12.1 Å². The first-order valence-electron chi connectivity index (χ1n) is 7.82. The number of nitrogens with two attached hydrogens (primary N) is 1. The Balaban J connectivity index is 1.83. The minimum atomic E-state index is 0.0342. The summed E-state index contributed by atoms with van der Waals surface area (Å²) in [5.41, 5.74) is 7.17. The zero-order valence-electron chi connectivity index (χ0n) is 13.0. The summed E-state index contributed by atoms with van der Waals surface area (Å²) in [6, 6.07) is 8.11. The first kappa shape index (κ1) is 15.8. The van der Waals surface area contributed by atoms with Crippen LogP contribution >= 0.6 is 0 Å². The molecule has 4 nitrogen and oxygen atoms in total. The van der Waals surface area contributed by atoms with E-state index in [-0.39, 0.29) is 18.0 Å². The molecular weight excluding hydrogens is 264 g/mol. The number of piperidine rings is 1. The molecule has 0 bridgehead atoms. The van der Waals surface area contributed by atoms with Gasteiger partial charge in [0, 0.05) is 18.6 Å². The minimum Gasteiger partial charge on any atom is -0.493 e. The highest BCUT2D eigenvalue weighted by atomic mass is 16.5. The second-order valence-electron chi connectivity index (χ2n) is 5.92. The highest BCUT2D eigenvalue weighted by molar-refractivity contribution is 5.76. The second-order valence-corrected chi connectivity index (χ2v) is 5.92. The molecule has 21 heavy (non-hydrogen) atoms. The Morgan fingerprint density at radius 1 is 1.48 bits per heavy atom. The number of likely N-dealkylation sites (tertiary alicyclic amines) is 1. The third kappa shape index (κ3) is 4.46. The lowest BCUT2D eigenvalue weighted by molar-refractivity contribution is -0.135. The van der Waals surface area contributed by atoms with Crippen LogP contribution in [0.1, 0.15) is 38.2 Å². The number of rotatable bonds is 5. The molecule has 0 spiro atoms. The molecule has 0 aliphatic carbocycles. The lowest BCUT2D eigenvalue weighted by Gasteiger charge is -2.38. The zero-order valence-corrected chi connectivity index (χ0v) is 13.0. The molecule has 1 aliphatic rings. The summed E-state index contributed by atoms with van der Waals surface area (Å²) < 4.78 is 5.67. The molecule has 2 rings (SSSR count). The van der Waals surface area contributed by atoms with Gasteiger partial charge in [-0.2, -0.15) is 0 Å². The van der Waals surface area contributed by atoms with Crippen molar-refractivity contribution in [1.29, 1.82) is 0 Å². The van der Waals surface area contributed by atoms with Gasteiger partial charge in [0.1, 0.15) is 5.75 Å². The molecule has 2 atom stereocenters. The van der Waals surface area contributed by atoms with Gasteiger partial charge >= 0.3 is 0 Å². The lowest BCUT2D eigenvalue weighted by atomic mass is 9.96. The summed E-state index contributed by atoms with van der Waals surface area (Å²) in [7, 11) is 0. The van der Waals surface area contributed by atoms with Crippen molar-refractivity contribution in [2.75, 3.05) is 13.2 Å². The van der Waals surface area contributed by atoms with Crippen LogP contribution in [0.3, 0.4) is 0 Å². The molecule has 1 amide bonds. The topological polar surface area (TPSA) is 55.6 Å². The summed E-state index contributed by atoms with van der Waals surface area (Å²) in [4.78, 5) is 14.3. The van der Waals surface area contributed by atoms with Gasteiger partial charge in [0.25, 0.3) is 0 Å². The van der Waals surface area contributed by atoms with Crippen LogP contribution in [0.25, 0.3) is 0 Å². The van der Waals surface area contributed by atoms with Gasteiger partial charge < -0.3 is 15.4 Å². The Labute approximate surface area is 127 Å². The standard InChI is InChI=1S/C17H26N2O2/c1-13-6-5-7-15(12-13)21-11-9-17(20)19-10-4-3-8-16(19)14(2)18/h5-7,12,14,16H,3-4,8-11,18H2,1-2H3. The number of nitrogens with zero attached hydrogens (tertiary/aromatic N) is 1. The largest absolute Gasteiger partial charge is 0.493 e. The van der Waals surface area contributed by atoms with Crippen LogP contribution in [-0.2, 0) is 4.79 Å². The fraction of sp³-hybridized carbons (Fsp3) is 0.588. The van der Waals surface area contributed by atoms with Crippen molar-refractivity contribution < 1.29 is 9.53 Å². The molecule has 116 valence electrons. The number of amides is 1. The van der Waals surface area contributed by atoms with E-state index in [1.165, 1.54) is 0 Å². The summed E-state index contributed by atoms with van der Waals surface area (Å²) in [5.74, 6) is 0.981. The monoisotopic (exact) mass is 290 g/mol. The summed E-state index contributed by atoms with van der Waals surface area (Å²) in [6.45, 7) is 5.26. The number of hydrogen-bond acceptors (Lipinski definition) is 3. The Hall–Kier alpha value is -1.55. The van der Waals surface area contributed by atoms with Crippen molar-refractivity contribution in [3.63, 3.8) is 0 Å². The third-order valence-corrected chi connectivity index (χ3v) is 4.05. The van der Waals surface area contributed by atoms with E-state index in [1.54, 1.807) is 0 Å². The zero-order chi connectivity index (χ0) is 15.2. The molecule has 1 saturated heterocycles. The summed E-state index contributed by atoms with van der Waals surface area (Å²) >= 11 is 0. The van der Waals surface area contributed by atoms with Crippen LogP contribution in [0, 0.1) is 6.92 Å². The normalized spacial score (nSPS) is 20.1. The molecule has 0 saturated carbocycles. The van der Waals surface area contributed by atoms with Gasteiger partial charge in [0.15, 0.2) is 0 Å². The van der Waals surface area contributed by atoms with Crippen molar-refractivity contribution in [3.8, 4) is 5.75 Å². The third-order valence-electron chi connectivity index (χ3n) is 4.05. The molecule has 1 aromatic rings. The number of aryl methyl sites for hydroxylation is 1. The summed E-state index contributed by atoms with van der Waals surface area (Å²) in [6.07, 6.45) is 3.67. The SMILES string of the molecule is Cc1cccc(OCCC(=O)N2CCCCC2C(C)N)c1. The highest BCUT2D eigenvalue weighted by Gasteiger charge is 2.28. The smallest absolute Gasteiger partial charge is 0.226 e. The van der Waals surface area contributed by atoms with Gasteiger partial charge in [-0.3, -0.25) is 4.79 Å². The fourth-order valence-electron chi connectivity index (χ4n) is 2.92. The molecule has 2 N–H and O–H groups in total. The predicted octanol–water partition coefficient (Wildman–Crippen LogP) is 2.49. The van der Waals surface area contributed by atoms with Gasteiger partial charge in [-0.05, 0) is 50.8 Å². The van der Waals surface area contributed by atoms with E-state index < -0.39 is 0 Å². The van der Waals surface area contributed by atoms with E-state index in [0.717, 1.165) is 37.1 Å². The average molecular weight is 290 g/mol. The molecule has 2 unspecified atom stereocenters. The number of benzene rings is 1. The summed E-state index contributed by atoms with van der Waals surface area (Å²) in [5, 5.41) is 0. The van der Waals surface area contributed by atoms with Crippen LogP contribution in [0.5, 0.6) is 5.75 Å². The maximum atomic E-state index is 12.4. The molecule has 1 aliphatic heterocycles.